The first-order valence-corrected chi connectivity index (χ1v) is 12.5. The van der Waals surface area contributed by atoms with Crippen molar-refractivity contribution in [1.82, 2.24) is 4.72 Å². The Morgan fingerprint density at radius 2 is 1.83 bits per heavy atom. The second kappa shape index (κ2) is 13.5. The highest BCUT2D eigenvalue weighted by Gasteiger charge is 2.16. The van der Waals surface area contributed by atoms with Crippen LogP contribution in [0.15, 0.2) is 42.5 Å². The molecule has 0 unspecified atom stereocenters. The van der Waals surface area contributed by atoms with Crippen LogP contribution in [0.25, 0.3) is 6.08 Å². The molecule has 0 heterocycles. The smallest absolute Gasteiger partial charge is 0.258 e. The summed E-state index contributed by atoms with van der Waals surface area (Å²) in [7, 11) is -2.27. The maximum atomic E-state index is 14.0. The minimum absolute atomic E-state index is 0.156. The molecule has 0 fully saturated rings. The quantitative estimate of drug-likeness (QED) is 0.313. The summed E-state index contributed by atoms with van der Waals surface area (Å²) in [6.45, 7) is 2.48. The Kier molecular flexibility index (Phi) is 10.8. The summed E-state index contributed by atoms with van der Waals surface area (Å²) in [4.78, 5) is 24.8. The molecule has 2 N–H and O–H groups in total. The number of hydrogen-bond donors (Lipinski definition) is 2. The number of benzene rings is 2. The summed E-state index contributed by atoms with van der Waals surface area (Å²) >= 11 is 0. The first-order valence-electron chi connectivity index (χ1n) is 10.9. The van der Waals surface area contributed by atoms with Crippen LogP contribution in [0.3, 0.4) is 0 Å². The van der Waals surface area contributed by atoms with E-state index in [1.165, 1.54) is 25.3 Å². The summed E-state index contributed by atoms with van der Waals surface area (Å²) in [5, 5.41) is 2.51. The van der Waals surface area contributed by atoms with Crippen molar-refractivity contribution in [3.05, 3.63) is 65.2 Å². The molecular weight excluding hydrogens is 482 g/mol. The van der Waals surface area contributed by atoms with E-state index in [2.05, 4.69) is 5.32 Å². The lowest BCUT2D eigenvalue weighted by Gasteiger charge is -2.13. The highest BCUT2D eigenvalue weighted by molar-refractivity contribution is 7.90. The first-order chi connectivity index (χ1) is 16.6. The van der Waals surface area contributed by atoms with Gasteiger partial charge in [-0.1, -0.05) is 19.8 Å². The SMILES string of the molecule is CCCCCS(=O)(=O)NC(=O)C=Cc1ccc(OCCOC)cc1NC(=O)c1ccc(F)cc1F. The molecule has 8 nitrogen and oxygen atoms in total. The van der Waals surface area contributed by atoms with Crippen molar-refractivity contribution in [2.75, 3.05) is 31.4 Å². The van der Waals surface area contributed by atoms with E-state index in [9.17, 15) is 26.8 Å². The number of carbonyl (C=O) groups is 2. The molecule has 0 spiro atoms. The van der Waals surface area contributed by atoms with E-state index in [0.717, 1.165) is 31.1 Å². The van der Waals surface area contributed by atoms with E-state index in [0.29, 0.717) is 30.4 Å². The van der Waals surface area contributed by atoms with Crippen LogP contribution in [-0.2, 0) is 19.6 Å². The maximum absolute atomic E-state index is 14.0. The lowest BCUT2D eigenvalue weighted by atomic mass is 10.1. The third-order valence-electron chi connectivity index (χ3n) is 4.69. The Labute approximate surface area is 203 Å². The highest BCUT2D eigenvalue weighted by atomic mass is 32.2. The normalized spacial score (nSPS) is 11.4. The molecule has 0 radical (unpaired) electrons. The number of methoxy groups -OCH3 is 1. The molecule has 0 bridgehead atoms. The molecule has 2 amide bonds. The number of halogens is 2. The highest BCUT2D eigenvalue weighted by Crippen LogP contribution is 2.25. The van der Waals surface area contributed by atoms with E-state index in [-0.39, 0.29) is 23.6 Å². The first kappa shape index (κ1) is 27.9. The summed E-state index contributed by atoms with van der Waals surface area (Å²) < 4.78 is 63.7. The number of anilines is 1. The van der Waals surface area contributed by atoms with E-state index in [4.69, 9.17) is 9.47 Å². The van der Waals surface area contributed by atoms with Crippen LogP contribution >= 0.6 is 0 Å². The van der Waals surface area contributed by atoms with Crippen LogP contribution in [0.5, 0.6) is 5.75 Å². The molecule has 0 saturated heterocycles. The third kappa shape index (κ3) is 9.45. The van der Waals surface area contributed by atoms with Crippen LogP contribution in [0.4, 0.5) is 14.5 Å². The monoisotopic (exact) mass is 510 g/mol. The molecule has 2 rings (SSSR count). The van der Waals surface area contributed by atoms with Gasteiger partial charge in [-0.05, 0) is 42.3 Å². The minimum atomic E-state index is -3.78. The van der Waals surface area contributed by atoms with E-state index >= 15 is 0 Å². The largest absolute Gasteiger partial charge is 0.491 e. The number of sulfonamides is 1. The van der Waals surface area contributed by atoms with E-state index in [1.54, 1.807) is 6.07 Å². The molecule has 190 valence electrons. The van der Waals surface area contributed by atoms with Gasteiger partial charge in [0, 0.05) is 25.3 Å². The van der Waals surface area contributed by atoms with Gasteiger partial charge in [0.25, 0.3) is 11.8 Å². The van der Waals surface area contributed by atoms with Crippen LogP contribution in [0, 0.1) is 11.6 Å². The number of ether oxygens (including phenoxy) is 2. The number of unbranched alkanes of at least 4 members (excludes halogenated alkanes) is 2. The lowest BCUT2D eigenvalue weighted by Crippen LogP contribution is -2.31. The Morgan fingerprint density at radius 1 is 1.06 bits per heavy atom. The molecule has 0 aliphatic carbocycles. The van der Waals surface area contributed by atoms with Gasteiger partial charge in [0.05, 0.1) is 23.6 Å². The lowest BCUT2D eigenvalue weighted by molar-refractivity contribution is -0.114. The number of nitrogens with one attached hydrogen (secondary N) is 2. The van der Waals surface area contributed by atoms with Crippen LogP contribution in [-0.4, -0.2) is 46.3 Å². The van der Waals surface area contributed by atoms with Gasteiger partial charge < -0.3 is 14.8 Å². The average Bonchev–Trinajstić information content (AvgIpc) is 2.78. The van der Waals surface area contributed by atoms with Crippen molar-refractivity contribution in [2.45, 2.75) is 26.2 Å². The topological polar surface area (TPSA) is 111 Å². The minimum Gasteiger partial charge on any atom is -0.491 e. The summed E-state index contributed by atoms with van der Waals surface area (Å²) in [6.07, 6.45) is 4.30. The van der Waals surface area contributed by atoms with Crippen molar-refractivity contribution < 1.29 is 36.3 Å². The fraction of sp³-hybridized carbons (Fsp3) is 0.333. The molecule has 2 aromatic rings. The summed E-state index contributed by atoms with van der Waals surface area (Å²) in [5.41, 5.74) is 0.0879. The Balaban J connectivity index is 2.24. The predicted molar refractivity (Wildman–Crippen MR) is 129 cm³/mol. The number of carbonyl (C=O) groups excluding carboxylic acids is 2. The number of hydrogen-bond acceptors (Lipinski definition) is 6. The van der Waals surface area contributed by atoms with Crippen molar-refractivity contribution in [2.24, 2.45) is 0 Å². The molecule has 0 aliphatic rings. The van der Waals surface area contributed by atoms with E-state index in [1.807, 2.05) is 11.6 Å². The summed E-state index contributed by atoms with van der Waals surface area (Å²) in [6, 6.07) is 7.10. The predicted octanol–water partition coefficient (Wildman–Crippen LogP) is 3.89. The molecule has 35 heavy (non-hydrogen) atoms. The van der Waals surface area contributed by atoms with Gasteiger partial charge in [0.1, 0.15) is 24.0 Å². The fourth-order valence-corrected chi connectivity index (χ4v) is 3.99. The van der Waals surface area contributed by atoms with Gasteiger partial charge in [-0.25, -0.2) is 21.9 Å². The molecule has 0 aliphatic heterocycles. The van der Waals surface area contributed by atoms with Crippen LogP contribution in [0.2, 0.25) is 0 Å². The van der Waals surface area contributed by atoms with Crippen molar-refractivity contribution >= 4 is 33.6 Å². The second-order valence-corrected chi connectivity index (χ2v) is 9.34. The van der Waals surface area contributed by atoms with Crippen molar-refractivity contribution in [3.8, 4) is 5.75 Å². The van der Waals surface area contributed by atoms with Crippen LogP contribution in [0.1, 0.15) is 42.1 Å². The van der Waals surface area contributed by atoms with Gasteiger partial charge in [-0.3, -0.25) is 9.59 Å². The number of amides is 2. The molecule has 0 aromatic heterocycles. The molecule has 0 saturated carbocycles. The average molecular weight is 511 g/mol. The Morgan fingerprint density at radius 3 is 2.51 bits per heavy atom. The Hall–Kier alpha value is -3.31. The standard InChI is InChI=1S/C24H28F2N2O6S/c1-3-4-5-14-35(31,32)28-23(29)11-7-17-6-9-19(34-13-12-33-2)16-22(17)27-24(30)20-10-8-18(25)15-21(20)26/h6-11,15-16H,3-5,12-14H2,1-2H3,(H,27,30)(H,28,29). The zero-order chi connectivity index (χ0) is 25.8. The summed E-state index contributed by atoms with van der Waals surface area (Å²) in [5.74, 6) is -3.39. The second-order valence-electron chi connectivity index (χ2n) is 7.49. The zero-order valence-electron chi connectivity index (χ0n) is 19.5. The van der Waals surface area contributed by atoms with Gasteiger partial charge in [0.15, 0.2) is 0 Å². The van der Waals surface area contributed by atoms with Gasteiger partial charge in [-0.2, -0.15) is 0 Å². The van der Waals surface area contributed by atoms with Crippen LogP contribution < -0.4 is 14.8 Å². The van der Waals surface area contributed by atoms with E-state index < -0.39 is 33.5 Å². The fourth-order valence-electron chi connectivity index (χ4n) is 2.93. The molecule has 2 aromatic carbocycles. The number of rotatable bonds is 13. The van der Waals surface area contributed by atoms with Crippen molar-refractivity contribution in [1.29, 1.82) is 0 Å². The third-order valence-corrected chi connectivity index (χ3v) is 6.03. The molecule has 11 heteroatoms. The maximum Gasteiger partial charge on any atom is 0.258 e. The van der Waals surface area contributed by atoms with Gasteiger partial charge in [0.2, 0.25) is 10.0 Å². The molecule has 0 atom stereocenters. The zero-order valence-corrected chi connectivity index (χ0v) is 20.3. The van der Waals surface area contributed by atoms with Gasteiger partial charge >= 0.3 is 0 Å². The van der Waals surface area contributed by atoms with Crippen molar-refractivity contribution in [3.63, 3.8) is 0 Å². The van der Waals surface area contributed by atoms with Gasteiger partial charge in [-0.15, -0.1) is 0 Å². The Bertz CT molecular complexity index is 1170. The molecular formula is C24H28F2N2O6S.